The lowest BCUT2D eigenvalue weighted by molar-refractivity contribution is -0.671. The first-order valence-electron chi connectivity index (χ1n) is 2.89. The fraction of sp³-hybridized carbons (Fsp3) is 0.143. The maximum Gasteiger partial charge on any atom is 0.177 e. The lowest BCUT2D eigenvalue weighted by Gasteiger charge is -1.91. The molecule has 0 spiro atoms. The molecule has 0 unspecified atom stereocenters. The standard InChI is InChI=1S/C7H7NS2/c1-8-4-2-3-6(5-8)7(9)10/h2-5H,1H3/p+1. The molecule has 0 saturated carbocycles. The Balaban J connectivity index is 3.07. The average Bonchev–Trinajstić information content (AvgIpc) is 1.88. The number of thiol groups is 1. The van der Waals surface area contributed by atoms with Gasteiger partial charge in [-0.05, 0) is 6.07 Å². The first-order chi connectivity index (χ1) is 4.70. The first kappa shape index (κ1) is 7.69. The van der Waals surface area contributed by atoms with Gasteiger partial charge >= 0.3 is 0 Å². The van der Waals surface area contributed by atoms with Crippen molar-refractivity contribution >= 4 is 29.0 Å². The van der Waals surface area contributed by atoms with Gasteiger partial charge in [-0.25, -0.2) is 4.57 Å². The fourth-order valence-corrected chi connectivity index (χ4v) is 0.967. The summed E-state index contributed by atoms with van der Waals surface area (Å²) in [6, 6.07) is 3.88. The van der Waals surface area contributed by atoms with E-state index in [0.717, 1.165) is 5.56 Å². The molecule has 1 heterocycles. The van der Waals surface area contributed by atoms with Crippen LogP contribution in [-0.2, 0) is 7.05 Å². The van der Waals surface area contributed by atoms with E-state index < -0.39 is 0 Å². The molecule has 1 rings (SSSR count). The molecule has 1 aromatic heterocycles. The summed E-state index contributed by atoms with van der Waals surface area (Å²) in [4.78, 5) is 0. The van der Waals surface area contributed by atoms with Crippen LogP contribution in [0, 0.1) is 0 Å². The average molecular weight is 170 g/mol. The van der Waals surface area contributed by atoms with Crippen molar-refractivity contribution in [3.8, 4) is 0 Å². The number of pyridine rings is 1. The minimum absolute atomic E-state index is 0.635. The van der Waals surface area contributed by atoms with E-state index in [4.69, 9.17) is 12.2 Å². The van der Waals surface area contributed by atoms with Gasteiger partial charge in [0.05, 0.1) is 9.76 Å². The summed E-state index contributed by atoms with van der Waals surface area (Å²) in [6.45, 7) is 0. The van der Waals surface area contributed by atoms with Crippen LogP contribution >= 0.6 is 24.8 Å². The van der Waals surface area contributed by atoms with E-state index in [0.29, 0.717) is 4.20 Å². The minimum Gasteiger partial charge on any atom is -0.207 e. The van der Waals surface area contributed by atoms with Crippen molar-refractivity contribution in [1.82, 2.24) is 0 Å². The second kappa shape index (κ2) is 3.12. The van der Waals surface area contributed by atoms with E-state index in [1.807, 2.05) is 36.1 Å². The van der Waals surface area contributed by atoms with E-state index >= 15 is 0 Å². The Hall–Kier alpha value is -0.410. The zero-order valence-electron chi connectivity index (χ0n) is 5.61. The number of thiocarbonyl (C=S) groups is 1. The van der Waals surface area contributed by atoms with Crippen LogP contribution in [0.2, 0.25) is 0 Å². The maximum atomic E-state index is 4.87. The summed E-state index contributed by atoms with van der Waals surface area (Å²) in [7, 11) is 1.95. The normalized spacial score (nSPS) is 9.40. The van der Waals surface area contributed by atoms with Gasteiger partial charge in [0.2, 0.25) is 0 Å². The quantitative estimate of drug-likeness (QED) is 0.376. The topological polar surface area (TPSA) is 3.88 Å². The Labute approximate surface area is 71.1 Å². The maximum absolute atomic E-state index is 4.87. The summed E-state index contributed by atoms with van der Waals surface area (Å²) in [5, 5.41) is 0. The van der Waals surface area contributed by atoms with Gasteiger partial charge in [0.15, 0.2) is 12.4 Å². The van der Waals surface area contributed by atoms with Gasteiger partial charge in [-0.15, -0.1) is 12.6 Å². The molecule has 0 fully saturated rings. The lowest BCUT2D eigenvalue weighted by atomic mass is 10.3. The Bertz CT molecular complexity index is 258. The third-order valence-electron chi connectivity index (χ3n) is 1.19. The molecule has 3 heteroatoms. The van der Waals surface area contributed by atoms with Crippen molar-refractivity contribution in [3.05, 3.63) is 30.1 Å². The molecule has 52 valence electrons. The Morgan fingerprint density at radius 3 is 2.80 bits per heavy atom. The predicted octanol–water partition coefficient (Wildman–Crippen LogP) is 1.12. The van der Waals surface area contributed by atoms with Crippen LogP contribution in [0.15, 0.2) is 24.5 Å². The van der Waals surface area contributed by atoms with Gasteiger partial charge in [0.1, 0.15) is 7.05 Å². The number of hydrogen-bond donors (Lipinski definition) is 1. The van der Waals surface area contributed by atoms with Crippen molar-refractivity contribution in [2.45, 2.75) is 0 Å². The van der Waals surface area contributed by atoms with Gasteiger partial charge in [-0.1, -0.05) is 12.2 Å². The minimum atomic E-state index is 0.635. The Kier molecular flexibility index (Phi) is 2.40. The smallest absolute Gasteiger partial charge is 0.177 e. The molecule has 0 aromatic carbocycles. The van der Waals surface area contributed by atoms with Crippen molar-refractivity contribution in [1.29, 1.82) is 0 Å². The van der Waals surface area contributed by atoms with Crippen LogP contribution in [0.5, 0.6) is 0 Å². The lowest BCUT2D eigenvalue weighted by Crippen LogP contribution is -2.27. The van der Waals surface area contributed by atoms with Crippen LogP contribution < -0.4 is 4.57 Å². The van der Waals surface area contributed by atoms with Crippen LogP contribution in [-0.4, -0.2) is 4.20 Å². The van der Waals surface area contributed by atoms with Gasteiger partial charge < -0.3 is 0 Å². The van der Waals surface area contributed by atoms with Gasteiger partial charge in [-0.3, -0.25) is 0 Å². The van der Waals surface area contributed by atoms with E-state index in [1.54, 1.807) is 0 Å². The van der Waals surface area contributed by atoms with Crippen LogP contribution in [0.25, 0.3) is 0 Å². The fourth-order valence-electron chi connectivity index (χ4n) is 0.714. The van der Waals surface area contributed by atoms with Crippen molar-refractivity contribution in [3.63, 3.8) is 0 Å². The van der Waals surface area contributed by atoms with Crippen LogP contribution in [0.1, 0.15) is 5.56 Å². The highest BCUT2D eigenvalue weighted by Crippen LogP contribution is 1.99. The zero-order valence-corrected chi connectivity index (χ0v) is 7.32. The molecular weight excluding hydrogens is 162 g/mol. The van der Waals surface area contributed by atoms with Crippen LogP contribution in [0.3, 0.4) is 0 Å². The largest absolute Gasteiger partial charge is 0.207 e. The molecule has 0 bridgehead atoms. The zero-order chi connectivity index (χ0) is 7.56. The van der Waals surface area contributed by atoms with E-state index in [1.165, 1.54) is 0 Å². The summed E-state index contributed by atoms with van der Waals surface area (Å²) in [5.41, 5.74) is 0.989. The second-order valence-corrected chi connectivity index (χ2v) is 3.22. The number of aromatic nitrogens is 1. The number of rotatable bonds is 1. The van der Waals surface area contributed by atoms with E-state index in [-0.39, 0.29) is 0 Å². The molecule has 0 atom stereocenters. The molecule has 0 amide bonds. The third kappa shape index (κ3) is 1.78. The summed E-state index contributed by atoms with van der Waals surface area (Å²) in [5.74, 6) is 0. The van der Waals surface area contributed by atoms with Crippen molar-refractivity contribution in [2.24, 2.45) is 7.05 Å². The number of aryl methyl sites for hydroxylation is 1. The highest BCUT2D eigenvalue weighted by Gasteiger charge is 1.98. The summed E-state index contributed by atoms with van der Waals surface area (Å²) in [6.07, 6.45) is 3.89. The van der Waals surface area contributed by atoms with E-state index in [2.05, 4.69) is 12.6 Å². The molecule has 0 aliphatic rings. The number of hydrogen-bond acceptors (Lipinski definition) is 1. The van der Waals surface area contributed by atoms with Gasteiger partial charge in [0.25, 0.3) is 0 Å². The third-order valence-corrected chi connectivity index (χ3v) is 1.68. The second-order valence-electron chi connectivity index (χ2n) is 2.06. The van der Waals surface area contributed by atoms with Gasteiger partial charge in [0, 0.05) is 6.07 Å². The van der Waals surface area contributed by atoms with Crippen molar-refractivity contribution < 1.29 is 4.57 Å². The molecule has 0 N–H and O–H groups in total. The molecular formula is C7H8NS2+. The molecule has 10 heavy (non-hydrogen) atoms. The molecule has 0 saturated heterocycles. The first-order valence-corrected chi connectivity index (χ1v) is 3.74. The molecule has 0 radical (unpaired) electrons. The molecule has 1 aromatic rings. The highest BCUT2D eigenvalue weighted by atomic mass is 32.1. The Morgan fingerprint density at radius 1 is 1.70 bits per heavy atom. The molecule has 1 nitrogen and oxygen atoms in total. The van der Waals surface area contributed by atoms with Gasteiger partial charge in [-0.2, -0.15) is 0 Å². The number of nitrogens with zero attached hydrogens (tertiary/aromatic N) is 1. The predicted molar refractivity (Wildman–Crippen MR) is 48.3 cm³/mol. The monoisotopic (exact) mass is 170 g/mol. The summed E-state index contributed by atoms with van der Waals surface area (Å²) < 4.78 is 2.58. The van der Waals surface area contributed by atoms with Crippen LogP contribution in [0.4, 0.5) is 0 Å². The summed E-state index contributed by atoms with van der Waals surface area (Å²) >= 11 is 8.93. The van der Waals surface area contributed by atoms with Crippen molar-refractivity contribution in [2.75, 3.05) is 0 Å². The SMILES string of the molecule is C[n+]1cccc(C(=S)S)c1. The molecule has 0 aliphatic heterocycles. The highest BCUT2D eigenvalue weighted by molar-refractivity contribution is 8.11. The Morgan fingerprint density at radius 2 is 2.40 bits per heavy atom. The molecule has 0 aliphatic carbocycles. The van der Waals surface area contributed by atoms with E-state index in [9.17, 15) is 0 Å².